The summed E-state index contributed by atoms with van der Waals surface area (Å²) in [6.45, 7) is 3.02. The van der Waals surface area contributed by atoms with Crippen molar-refractivity contribution in [3.05, 3.63) is 30.5 Å². The van der Waals surface area contributed by atoms with Crippen molar-refractivity contribution < 1.29 is 8.42 Å². The lowest BCUT2D eigenvalue weighted by atomic mass is 9.96. The third-order valence-corrected chi connectivity index (χ3v) is 8.03. The molecule has 8 nitrogen and oxygen atoms in total. The second-order valence-corrected chi connectivity index (χ2v) is 9.99. The first-order chi connectivity index (χ1) is 13.6. The van der Waals surface area contributed by atoms with Crippen molar-refractivity contribution in [2.75, 3.05) is 31.1 Å². The highest BCUT2D eigenvalue weighted by molar-refractivity contribution is 7.89. The number of anilines is 1. The first-order valence-electron chi connectivity index (χ1n) is 10.2. The molecule has 28 heavy (non-hydrogen) atoms. The zero-order valence-electron chi connectivity index (χ0n) is 15.9. The van der Waals surface area contributed by atoms with Crippen LogP contribution in [-0.2, 0) is 10.0 Å². The maximum atomic E-state index is 12.6. The van der Waals surface area contributed by atoms with E-state index in [4.69, 9.17) is 0 Å². The van der Waals surface area contributed by atoms with Gasteiger partial charge in [0.1, 0.15) is 22.9 Å². The van der Waals surface area contributed by atoms with Gasteiger partial charge in [-0.3, -0.25) is 0 Å². The van der Waals surface area contributed by atoms with Gasteiger partial charge in [-0.25, -0.2) is 13.4 Å². The van der Waals surface area contributed by atoms with Gasteiger partial charge < -0.3 is 9.47 Å². The number of piperidine rings is 1. The summed E-state index contributed by atoms with van der Waals surface area (Å²) in [4.78, 5) is 7.00. The van der Waals surface area contributed by atoms with Crippen molar-refractivity contribution in [1.29, 1.82) is 0 Å². The number of pyridine rings is 1. The minimum atomic E-state index is -3.40. The molecular weight excluding hydrogens is 376 g/mol. The molecule has 2 aromatic rings. The average molecular weight is 403 g/mol. The molecule has 0 amide bonds. The van der Waals surface area contributed by atoms with Gasteiger partial charge in [-0.05, 0) is 50.7 Å². The fourth-order valence-corrected chi connectivity index (χ4v) is 5.80. The van der Waals surface area contributed by atoms with Gasteiger partial charge in [0.15, 0.2) is 0 Å². The third-order valence-electron chi connectivity index (χ3n) is 6.15. The standard InChI is InChI=1S/C19H26N6O2S/c26-28(27,24-9-1-2-10-24)17-5-6-18(20-13-17)23-11-7-15(8-12-23)19-22-21-14-25(19)16-3-4-16/h5-6,13-16H,1-4,7-12H2. The molecule has 0 bridgehead atoms. The van der Waals surface area contributed by atoms with Gasteiger partial charge in [0.25, 0.3) is 0 Å². The van der Waals surface area contributed by atoms with Gasteiger partial charge in [0.05, 0.1) is 0 Å². The Morgan fingerprint density at radius 1 is 0.964 bits per heavy atom. The van der Waals surface area contributed by atoms with E-state index in [1.165, 1.54) is 19.0 Å². The number of rotatable bonds is 5. The molecule has 2 aliphatic heterocycles. The molecule has 0 radical (unpaired) electrons. The topological polar surface area (TPSA) is 84.2 Å². The van der Waals surface area contributed by atoms with Crippen LogP contribution in [0.15, 0.2) is 29.6 Å². The number of hydrogen-bond acceptors (Lipinski definition) is 6. The van der Waals surface area contributed by atoms with Crippen LogP contribution in [0.3, 0.4) is 0 Å². The number of aromatic nitrogens is 4. The smallest absolute Gasteiger partial charge is 0.244 e. The van der Waals surface area contributed by atoms with E-state index in [-0.39, 0.29) is 0 Å². The minimum absolute atomic E-state index is 0.297. The van der Waals surface area contributed by atoms with Gasteiger partial charge >= 0.3 is 0 Å². The summed E-state index contributed by atoms with van der Waals surface area (Å²) >= 11 is 0. The molecular formula is C19H26N6O2S. The predicted octanol–water partition coefficient (Wildman–Crippen LogP) is 2.18. The summed E-state index contributed by atoms with van der Waals surface area (Å²) < 4.78 is 29.1. The van der Waals surface area contributed by atoms with Crippen LogP contribution in [0.1, 0.15) is 56.3 Å². The van der Waals surface area contributed by atoms with Crippen molar-refractivity contribution in [1.82, 2.24) is 24.1 Å². The SMILES string of the molecule is O=S(=O)(c1ccc(N2CCC(c3nncn3C3CC3)CC2)nc1)N1CCCC1. The van der Waals surface area contributed by atoms with E-state index in [0.717, 1.165) is 50.4 Å². The number of nitrogens with zero attached hydrogens (tertiary/aromatic N) is 6. The van der Waals surface area contributed by atoms with E-state index >= 15 is 0 Å². The quantitative estimate of drug-likeness (QED) is 0.762. The molecule has 0 atom stereocenters. The Labute approximate surface area is 165 Å². The summed E-state index contributed by atoms with van der Waals surface area (Å²) in [6.07, 6.45) is 9.77. The van der Waals surface area contributed by atoms with Crippen LogP contribution in [0.2, 0.25) is 0 Å². The Morgan fingerprint density at radius 2 is 1.71 bits per heavy atom. The Morgan fingerprint density at radius 3 is 2.36 bits per heavy atom. The molecule has 1 saturated carbocycles. The largest absolute Gasteiger partial charge is 0.357 e. The molecule has 3 fully saturated rings. The highest BCUT2D eigenvalue weighted by Gasteiger charge is 2.31. The van der Waals surface area contributed by atoms with Crippen LogP contribution >= 0.6 is 0 Å². The lowest BCUT2D eigenvalue weighted by molar-refractivity contribution is 0.463. The van der Waals surface area contributed by atoms with Crippen molar-refractivity contribution >= 4 is 15.8 Å². The van der Waals surface area contributed by atoms with Gasteiger partial charge in [-0.15, -0.1) is 10.2 Å². The number of sulfonamides is 1. The van der Waals surface area contributed by atoms with E-state index in [1.54, 1.807) is 10.4 Å². The summed E-state index contributed by atoms with van der Waals surface area (Å²) in [6, 6.07) is 4.15. The Hall–Kier alpha value is -2.00. The van der Waals surface area contributed by atoms with Crippen LogP contribution in [-0.4, -0.2) is 58.7 Å². The molecule has 5 rings (SSSR count). The summed E-state index contributed by atoms with van der Waals surface area (Å²) in [5, 5.41) is 8.51. The summed E-state index contributed by atoms with van der Waals surface area (Å²) in [5.74, 6) is 2.42. The number of hydrogen-bond donors (Lipinski definition) is 0. The van der Waals surface area contributed by atoms with Gasteiger partial charge in [-0.2, -0.15) is 4.31 Å². The molecule has 0 aromatic carbocycles. The van der Waals surface area contributed by atoms with Crippen molar-refractivity contribution in [2.24, 2.45) is 0 Å². The van der Waals surface area contributed by atoms with Gasteiger partial charge in [0, 0.05) is 44.3 Å². The normalized spacial score (nSPS) is 22.1. The van der Waals surface area contributed by atoms with Crippen LogP contribution in [0.5, 0.6) is 0 Å². The molecule has 2 aromatic heterocycles. The molecule has 150 valence electrons. The van der Waals surface area contributed by atoms with Crippen molar-refractivity contribution in [3.8, 4) is 0 Å². The molecule has 0 spiro atoms. The van der Waals surface area contributed by atoms with Gasteiger partial charge in [-0.1, -0.05) is 0 Å². The molecule has 0 unspecified atom stereocenters. The highest BCUT2D eigenvalue weighted by Crippen LogP contribution is 2.38. The average Bonchev–Trinajstić information content (AvgIpc) is 3.21. The molecule has 3 aliphatic rings. The van der Waals surface area contributed by atoms with Crippen LogP contribution in [0.4, 0.5) is 5.82 Å². The lowest BCUT2D eigenvalue weighted by Gasteiger charge is -2.32. The monoisotopic (exact) mass is 402 g/mol. The molecule has 1 aliphatic carbocycles. The molecule has 2 saturated heterocycles. The minimum Gasteiger partial charge on any atom is -0.357 e. The fraction of sp³-hybridized carbons (Fsp3) is 0.632. The highest BCUT2D eigenvalue weighted by atomic mass is 32.2. The Kier molecular flexibility index (Phi) is 4.59. The van der Waals surface area contributed by atoms with Crippen molar-refractivity contribution in [2.45, 2.75) is 55.4 Å². The van der Waals surface area contributed by atoms with Crippen molar-refractivity contribution in [3.63, 3.8) is 0 Å². The van der Waals surface area contributed by atoms with Crippen LogP contribution < -0.4 is 4.90 Å². The second kappa shape index (κ2) is 7.11. The fourth-order valence-electron chi connectivity index (χ4n) is 4.33. The Balaban J connectivity index is 1.25. The first-order valence-corrected chi connectivity index (χ1v) is 11.7. The van der Waals surface area contributed by atoms with Crippen LogP contribution in [0.25, 0.3) is 0 Å². The Bertz CT molecular complexity index is 924. The predicted molar refractivity (Wildman–Crippen MR) is 105 cm³/mol. The maximum absolute atomic E-state index is 12.6. The second-order valence-electron chi connectivity index (χ2n) is 8.05. The van der Waals surface area contributed by atoms with Crippen LogP contribution in [0, 0.1) is 0 Å². The zero-order chi connectivity index (χ0) is 19.1. The van der Waals surface area contributed by atoms with E-state index in [2.05, 4.69) is 24.6 Å². The maximum Gasteiger partial charge on any atom is 0.244 e. The van der Waals surface area contributed by atoms with E-state index in [1.807, 2.05) is 12.4 Å². The summed E-state index contributed by atoms with van der Waals surface area (Å²) in [7, 11) is -3.40. The molecule has 0 N–H and O–H groups in total. The van der Waals surface area contributed by atoms with E-state index < -0.39 is 10.0 Å². The third kappa shape index (κ3) is 3.30. The summed E-state index contributed by atoms with van der Waals surface area (Å²) in [5.41, 5.74) is 0. The first kappa shape index (κ1) is 18.1. The lowest BCUT2D eigenvalue weighted by Crippen LogP contribution is -2.34. The van der Waals surface area contributed by atoms with Gasteiger partial charge in [0.2, 0.25) is 10.0 Å². The van der Waals surface area contributed by atoms with E-state index in [0.29, 0.717) is 29.9 Å². The molecule has 9 heteroatoms. The molecule has 4 heterocycles. The van der Waals surface area contributed by atoms with E-state index in [9.17, 15) is 8.42 Å². The zero-order valence-corrected chi connectivity index (χ0v) is 16.8.